The van der Waals surface area contributed by atoms with Crippen molar-refractivity contribution in [3.63, 3.8) is 0 Å². The Kier molecular flexibility index (Phi) is 9.52. The van der Waals surface area contributed by atoms with Crippen LogP contribution < -0.4 is 9.47 Å². The number of ether oxygens (including phenoxy) is 2. The van der Waals surface area contributed by atoms with Gasteiger partial charge >= 0.3 is 0 Å². The van der Waals surface area contributed by atoms with Gasteiger partial charge in [-0.05, 0) is 25.8 Å². The summed E-state index contributed by atoms with van der Waals surface area (Å²) < 4.78 is 12.9. The lowest BCUT2D eigenvalue weighted by atomic mass is 9.99. The van der Waals surface area contributed by atoms with Crippen molar-refractivity contribution < 1.29 is 9.47 Å². The van der Waals surface area contributed by atoms with E-state index < -0.39 is 0 Å². The predicted octanol–water partition coefficient (Wildman–Crippen LogP) is 9.00. The van der Waals surface area contributed by atoms with E-state index >= 15 is 0 Å². The maximum absolute atomic E-state index is 6.44. The Balaban J connectivity index is 1.86. The highest BCUT2D eigenvalue weighted by molar-refractivity contribution is 6.11. The summed E-state index contributed by atoms with van der Waals surface area (Å²) in [6, 6.07) is 15.2. The van der Waals surface area contributed by atoms with Gasteiger partial charge in [0, 0.05) is 21.5 Å². The molecule has 0 aliphatic heterocycles. The van der Waals surface area contributed by atoms with Crippen molar-refractivity contribution in [2.45, 2.75) is 85.0 Å². The number of aryl methyl sites for hydroxylation is 1. The molecule has 0 saturated heterocycles. The summed E-state index contributed by atoms with van der Waals surface area (Å²) in [6.07, 6.45) is 12.5. The van der Waals surface area contributed by atoms with E-state index in [0.29, 0.717) is 0 Å². The van der Waals surface area contributed by atoms with E-state index in [1.165, 1.54) is 67.7 Å². The van der Waals surface area contributed by atoms with E-state index in [4.69, 9.17) is 9.47 Å². The summed E-state index contributed by atoms with van der Waals surface area (Å²) in [7, 11) is 0. The van der Waals surface area contributed by atoms with Crippen molar-refractivity contribution >= 4 is 21.5 Å². The average Bonchev–Trinajstić information content (AvgIpc) is 2.79. The standard InChI is InChI=1S/C29H40O2/c1-4-6-8-10-14-20-30-28-24-16-12-13-17-25(24)29(31-21-15-11-9-7-5-2)27-22-23(3)18-19-26(27)28/h12-13,16-19,22H,4-11,14-15,20-21H2,1-3H3. The van der Waals surface area contributed by atoms with Gasteiger partial charge in [-0.1, -0.05) is 107 Å². The molecule has 0 aliphatic rings. The van der Waals surface area contributed by atoms with Crippen LogP contribution in [0.25, 0.3) is 21.5 Å². The summed E-state index contributed by atoms with van der Waals surface area (Å²) in [6.45, 7) is 8.21. The van der Waals surface area contributed by atoms with Crippen LogP contribution in [0, 0.1) is 6.92 Å². The first-order valence-electron chi connectivity index (χ1n) is 12.5. The molecule has 0 aliphatic carbocycles. The van der Waals surface area contributed by atoms with Crippen molar-refractivity contribution in [2.24, 2.45) is 0 Å². The van der Waals surface area contributed by atoms with Crippen LogP contribution in [0.3, 0.4) is 0 Å². The second-order valence-electron chi connectivity index (χ2n) is 8.78. The lowest BCUT2D eigenvalue weighted by molar-refractivity contribution is 0.306. The summed E-state index contributed by atoms with van der Waals surface area (Å²) in [5, 5.41) is 4.66. The number of rotatable bonds is 14. The molecule has 0 heterocycles. The van der Waals surface area contributed by atoms with E-state index in [-0.39, 0.29) is 0 Å². The molecule has 3 aromatic rings. The van der Waals surface area contributed by atoms with Gasteiger partial charge < -0.3 is 9.47 Å². The van der Waals surface area contributed by atoms with Gasteiger partial charge in [0.15, 0.2) is 0 Å². The van der Waals surface area contributed by atoms with E-state index in [0.717, 1.165) is 48.3 Å². The van der Waals surface area contributed by atoms with Crippen molar-refractivity contribution in [3.8, 4) is 11.5 Å². The fourth-order valence-electron chi connectivity index (χ4n) is 4.28. The first-order chi connectivity index (χ1) is 15.3. The Hall–Kier alpha value is -2.22. The normalized spacial score (nSPS) is 11.3. The summed E-state index contributed by atoms with van der Waals surface area (Å²) >= 11 is 0. The zero-order chi connectivity index (χ0) is 21.9. The number of hydrogen-bond acceptors (Lipinski definition) is 2. The van der Waals surface area contributed by atoms with E-state index in [9.17, 15) is 0 Å². The van der Waals surface area contributed by atoms with Gasteiger partial charge in [-0.3, -0.25) is 0 Å². The molecule has 0 aromatic heterocycles. The topological polar surface area (TPSA) is 18.5 Å². The summed E-state index contributed by atoms with van der Waals surface area (Å²) in [5.74, 6) is 2.02. The fraction of sp³-hybridized carbons (Fsp3) is 0.517. The van der Waals surface area contributed by atoms with Gasteiger partial charge in [0.2, 0.25) is 0 Å². The molecule has 2 nitrogen and oxygen atoms in total. The van der Waals surface area contributed by atoms with Crippen molar-refractivity contribution in [1.82, 2.24) is 0 Å². The SMILES string of the molecule is CCCCCCCOc1c2ccccc2c(OCCCCCCC)c2cc(C)ccc12. The second-order valence-corrected chi connectivity index (χ2v) is 8.78. The van der Waals surface area contributed by atoms with Crippen LogP contribution in [0.4, 0.5) is 0 Å². The third kappa shape index (κ3) is 6.38. The lowest BCUT2D eigenvalue weighted by Crippen LogP contribution is -2.02. The quantitative estimate of drug-likeness (QED) is 0.191. The third-order valence-electron chi connectivity index (χ3n) is 6.07. The maximum Gasteiger partial charge on any atom is 0.135 e. The highest BCUT2D eigenvalue weighted by Crippen LogP contribution is 2.43. The highest BCUT2D eigenvalue weighted by Gasteiger charge is 2.16. The maximum atomic E-state index is 6.44. The molecule has 0 atom stereocenters. The van der Waals surface area contributed by atoms with Crippen molar-refractivity contribution in [1.29, 1.82) is 0 Å². The first-order valence-corrected chi connectivity index (χ1v) is 12.5. The molecule has 3 rings (SSSR count). The molecule has 0 spiro atoms. The molecule has 31 heavy (non-hydrogen) atoms. The Bertz CT molecular complexity index is 944. The molecule has 0 radical (unpaired) electrons. The molecule has 0 saturated carbocycles. The van der Waals surface area contributed by atoms with E-state index in [1.54, 1.807) is 0 Å². The Morgan fingerprint density at radius 3 is 1.58 bits per heavy atom. The molecular weight excluding hydrogens is 380 g/mol. The van der Waals surface area contributed by atoms with E-state index in [2.05, 4.69) is 63.2 Å². The number of hydrogen-bond donors (Lipinski definition) is 0. The van der Waals surface area contributed by atoms with Gasteiger partial charge in [0.05, 0.1) is 13.2 Å². The number of fused-ring (bicyclic) bond motifs is 2. The second kappa shape index (κ2) is 12.6. The minimum atomic E-state index is 0.772. The number of benzene rings is 3. The number of unbranched alkanes of at least 4 members (excludes halogenated alkanes) is 8. The minimum absolute atomic E-state index is 0.772. The third-order valence-corrected chi connectivity index (χ3v) is 6.07. The minimum Gasteiger partial charge on any atom is -0.492 e. The van der Waals surface area contributed by atoms with Crippen LogP contribution in [0.2, 0.25) is 0 Å². The molecule has 3 aromatic carbocycles. The van der Waals surface area contributed by atoms with Crippen LogP contribution >= 0.6 is 0 Å². The van der Waals surface area contributed by atoms with Crippen LogP contribution in [0.15, 0.2) is 42.5 Å². The molecule has 0 unspecified atom stereocenters. The average molecular weight is 421 g/mol. The van der Waals surface area contributed by atoms with Gasteiger partial charge in [-0.2, -0.15) is 0 Å². The molecule has 2 heteroatoms. The predicted molar refractivity (Wildman–Crippen MR) is 135 cm³/mol. The van der Waals surface area contributed by atoms with Crippen LogP contribution in [0.5, 0.6) is 11.5 Å². The molecule has 0 amide bonds. The molecule has 0 bridgehead atoms. The largest absolute Gasteiger partial charge is 0.492 e. The monoisotopic (exact) mass is 420 g/mol. The van der Waals surface area contributed by atoms with Gasteiger partial charge in [-0.25, -0.2) is 0 Å². The Morgan fingerprint density at radius 2 is 1.03 bits per heavy atom. The smallest absolute Gasteiger partial charge is 0.135 e. The van der Waals surface area contributed by atoms with Gasteiger partial charge in [-0.15, -0.1) is 0 Å². The summed E-state index contributed by atoms with van der Waals surface area (Å²) in [4.78, 5) is 0. The van der Waals surface area contributed by atoms with E-state index in [1.807, 2.05) is 0 Å². The lowest BCUT2D eigenvalue weighted by Gasteiger charge is -2.18. The molecule has 0 fully saturated rings. The van der Waals surface area contributed by atoms with Crippen LogP contribution in [-0.4, -0.2) is 13.2 Å². The van der Waals surface area contributed by atoms with Crippen LogP contribution in [-0.2, 0) is 0 Å². The summed E-state index contributed by atoms with van der Waals surface area (Å²) in [5.41, 5.74) is 1.25. The Morgan fingerprint density at radius 1 is 0.548 bits per heavy atom. The molecular formula is C29H40O2. The van der Waals surface area contributed by atoms with Gasteiger partial charge in [0.1, 0.15) is 11.5 Å². The zero-order valence-corrected chi connectivity index (χ0v) is 19.8. The van der Waals surface area contributed by atoms with Crippen LogP contribution in [0.1, 0.15) is 83.6 Å². The van der Waals surface area contributed by atoms with Crippen molar-refractivity contribution in [3.05, 3.63) is 48.0 Å². The molecule has 0 N–H and O–H groups in total. The highest BCUT2D eigenvalue weighted by atomic mass is 16.5. The zero-order valence-electron chi connectivity index (χ0n) is 19.8. The van der Waals surface area contributed by atoms with Crippen molar-refractivity contribution in [2.75, 3.05) is 13.2 Å². The first kappa shape index (κ1) is 23.4. The fourth-order valence-corrected chi connectivity index (χ4v) is 4.28. The van der Waals surface area contributed by atoms with Gasteiger partial charge in [0.25, 0.3) is 0 Å². The molecule has 168 valence electrons. The Labute approximate surface area is 188 Å².